The molecule has 1 aliphatic heterocycles. The minimum absolute atomic E-state index is 0.176. The Morgan fingerprint density at radius 2 is 1.95 bits per heavy atom. The molecule has 0 bridgehead atoms. The van der Waals surface area contributed by atoms with Crippen LogP contribution in [0, 0.1) is 6.92 Å². The van der Waals surface area contributed by atoms with Gasteiger partial charge < -0.3 is 14.8 Å². The topological polar surface area (TPSA) is 47.6 Å². The second kappa shape index (κ2) is 5.17. The molecule has 20 heavy (non-hydrogen) atoms. The van der Waals surface area contributed by atoms with Crippen molar-refractivity contribution >= 4 is 27.5 Å². The molecule has 4 nitrogen and oxygen atoms in total. The first kappa shape index (κ1) is 13.0. The number of halogens is 1. The lowest BCUT2D eigenvalue weighted by molar-refractivity contribution is 0.102. The van der Waals surface area contributed by atoms with Gasteiger partial charge in [-0.2, -0.15) is 0 Å². The summed E-state index contributed by atoms with van der Waals surface area (Å²) in [5, 5.41) is 2.89. The first-order valence-electron chi connectivity index (χ1n) is 6.10. The van der Waals surface area contributed by atoms with E-state index in [4.69, 9.17) is 9.47 Å². The van der Waals surface area contributed by atoms with Crippen LogP contribution in [0.4, 0.5) is 5.69 Å². The van der Waals surface area contributed by atoms with Crippen molar-refractivity contribution in [3.63, 3.8) is 0 Å². The van der Waals surface area contributed by atoms with Crippen molar-refractivity contribution in [2.45, 2.75) is 6.92 Å². The van der Waals surface area contributed by atoms with Gasteiger partial charge in [0.1, 0.15) is 0 Å². The van der Waals surface area contributed by atoms with Crippen molar-refractivity contribution in [1.29, 1.82) is 0 Å². The molecule has 1 heterocycles. The molecule has 0 spiro atoms. The summed E-state index contributed by atoms with van der Waals surface area (Å²) in [5.74, 6) is 1.09. The Hall–Kier alpha value is -2.01. The van der Waals surface area contributed by atoms with Crippen LogP contribution in [0.15, 0.2) is 40.9 Å². The van der Waals surface area contributed by atoms with E-state index in [0.717, 1.165) is 15.7 Å². The van der Waals surface area contributed by atoms with Crippen LogP contribution in [0.25, 0.3) is 0 Å². The summed E-state index contributed by atoms with van der Waals surface area (Å²) in [5.41, 5.74) is 2.32. The summed E-state index contributed by atoms with van der Waals surface area (Å²) in [6, 6.07) is 10.9. The van der Waals surface area contributed by atoms with E-state index in [1.807, 2.05) is 25.1 Å². The number of rotatable bonds is 2. The average Bonchev–Trinajstić information content (AvgIpc) is 2.90. The van der Waals surface area contributed by atoms with Crippen molar-refractivity contribution in [3.8, 4) is 11.5 Å². The van der Waals surface area contributed by atoms with Gasteiger partial charge in [0.2, 0.25) is 6.79 Å². The average molecular weight is 334 g/mol. The number of nitrogens with one attached hydrogen (secondary N) is 1. The van der Waals surface area contributed by atoms with Gasteiger partial charge in [-0.3, -0.25) is 4.79 Å². The third-order valence-electron chi connectivity index (χ3n) is 3.08. The molecule has 0 unspecified atom stereocenters. The highest BCUT2D eigenvalue weighted by atomic mass is 79.9. The maximum atomic E-state index is 12.3. The van der Waals surface area contributed by atoms with Crippen LogP contribution in [0.3, 0.4) is 0 Å². The van der Waals surface area contributed by atoms with Crippen LogP contribution in [-0.4, -0.2) is 12.7 Å². The fourth-order valence-electron chi connectivity index (χ4n) is 1.96. The van der Waals surface area contributed by atoms with Crippen molar-refractivity contribution in [3.05, 3.63) is 52.0 Å². The normalized spacial score (nSPS) is 12.3. The van der Waals surface area contributed by atoms with Crippen LogP contribution in [-0.2, 0) is 0 Å². The SMILES string of the molecule is Cc1ccc(Br)cc1NC(=O)c1ccc2c(c1)OCO2. The molecule has 1 N–H and O–H groups in total. The number of ether oxygens (including phenoxy) is 2. The number of fused-ring (bicyclic) bond motifs is 1. The standard InChI is InChI=1S/C15H12BrNO3/c1-9-2-4-11(16)7-12(9)17-15(18)10-3-5-13-14(6-10)20-8-19-13/h2-7H,8H2,1H3,(H,17,18). The third kappa shape index (κ3) is 2.49. The highest BCUT2D eigenvalue weighted by Gasteiger charge is 2.16. The molecule has 0 aromatic heterocycles. The summed E-state index contributed by atoms with van der Waals surface area (Å²) in [6.07, 6.45) is 0. The fraction of sp³-hybridized carbons (Fsp3) is 0.133. The molecular weight excluding hydrogens is 322 g/mol. The summed E-state index contributed by atoms with van der Waals surface area (Å²) in [7, 11) is 0. The molecule has 0 atom stereocenters. The van der Waals surface area contributed by atoms with Gasteiger partial charge in [0, 0.05) is 15.7 Å². The maximum absolute atomic E-state index is 12.3. The van der Waals surface area contributed by atoms with Gasteiger partial charge >= 0.3 is 0 Å². The molecule has 2 aromatic rings. The number of aryl methyl sites for hydroxylation is 1. The van der Waals surface area contributed by atoms with Crippen LogP contribution in [0.1, 0.15) is 15.9 Å². The smallest absolute Gasteiger partial charge is 0.255 e. The summed E-state index contributed by atoms with van der Waals surface area (Å²) in [6.45, 7) is 2.15. The second-order valence-corrected chi connectivity index (χ2v) is 5.40. The molecule has 0 saturated carbocycles. The summed E-state index contributed by atoms with van der Waals surface area (Å²) >= 11 is 3.40. The molecule has 2 aromatic carbocycles. The number of benzene rings is 2. The van der Waals surface area contributed by atoms with E-state index in [-0.39, 0.29) is 12.7 Å². The molecule has 1 aliphatic rings. The first-order chi connectivity index (χ1) is 9.63. The first-order valence-corrected chi connectivity index (χ1v) is 6.90. The van der Waals surface area contributed by atoms with E-state index in [9.17, 15) is 4.79 Å². The Balaban J connectivity index is 1.84. The maximum Gasteiger partial charge on any atom is 0.255 e. The minimum atomic E-state index is -0.176. The van der Waals surface area contributed by atoms with E-state index in [2.05, 4.69) is 21.2 Å². The molecule has 0 aliphatic carbocycles. The molecule has 0 saturated heterocycles. The van der Waals surface area contributed by atoms with Gasteiger partial charge in [-0.25, -0.2) is 0 Å². The van der Waals surface area contributed by atoms with Crippen molar-refractivity contribution in [1.82, 2.24) is 0 Å². The Labute approximate surface area is 124 Å². The predicted molar refractivity (Wildman–Crippen MR) is 79.4 cm³/mol. The van der Waals surface area contributed by atoms with Gasteiger partial charge in [0.25, 0.3) is 5.91 Å². The third-order valence-corrected chi connectivity index (χ3v) is 3.58. The van der Waals surface area contributed by atoms with Gasteiger partial charge in [-0.15, -0.1) is 0 Å². The van der Waals surface area contributed by atoms with Gasteiger partial charge in [0.05, 0.1) is 0 Å². The predicted octanol–water partition coefficient (Wildman–Crippen LogP) is 3.74. The van der Waals surface area contributed by atoms with E-state index in [0.29, 0.717) is 17.1 Å². The molecule has 3 rings (SSSR count). The zero-order valence-electron chi connectivity index (χ0n) is 10.8. The van der Waals surface area contributed by atoms with E-state index in [1.165, 1.54) is 0 Å². The van der Waals surface area contributed by atoms with Crippen molar-refractivity contribution in [2.24, 2.45) is 0 Å². The number of carbonyl (C=O) groups excluding carboxylic acids is 1. The van der Waals surface area contributed by atoms with Crippen LogP contribution in [0.5, 0.6) is 11.5 Å². The largest absolute Gasteiger partial charge is 0.454 e. The highest BCUT2D eigenvalue weighted by Crippen LogP contribution is 2.32. The quantitative estimate of drug-likeness (QED) is 0.910. The summed E-state index contributed by atoms with van der Waals surface area (Å²) in [4.78, 5) is 12.3. The highest BCUT2D eigenvalue weighted by molar-refractivity contribution is 9.10. The van der Waals surface area contributed by atoms with Gasteiger partial charge in [0.15, 0.2) is 11.5 Å². The van der Waals surface area contributed by atoms with Gasteiger partial charge in [-0.1, -0.05) is 22.0 Å². The lowest BCUT2D eigenvalue weighted by atomic mass is 10.1. The number of carbonyl (C=O) groups is 1. The minimum Gasteiger partial charge on any atom is -0.454 e. The van der Waals surface area contributed by atoms with Gasteiger partial charge in [-0.05, 0) is 42.8 Å². The Kier molecular flexibility index (Phi) is 3.36. The Morgan fingerprint density at radius 1 is 1.15 bits per heavy atom. The second-order valence-electron chi connectivity index (χ2n) is 4.48. The lowest BCUT2D eigenvalue weighted by Gasteiger charge is -2.09. The lowest BCUT2D eigenvalue weighted by Crippen LogP contribution is -2.12. The van der Waals surface area contributed by atoms with Crippen LogP contribution in [0.2, 0.25) is 0 Å². The summed E-state index contributed by atoms with van der Waals surface area (Å²) < 4.78 is 11.4. The zero-order valence-corrected chi connectivity index (χ0v) is 12.4. The van der Waals surface area contributed by atoms with E-state index >= 15 is 0 Å². The van der Waals surface area contributed by atoms with Crippen molar-refractivity contribution < 1.29 is 14.3 Å². The number of anilines is 1. The Bertz CT molecular complexity index is 685. The Morgan fingerprint density at radius 3 is 2.80 bits per heavy atom. The number of hydrogen-bond donors (Lipinski definition) is 1. The monoisotopic (exact) mass is 333 g/mol. The zero-order chi connectivity index (χ0) is 14.1. The molecule has 102 valence electrons. The fourth-order valence-corrected chi connectivity index (χ4v) is 2.32. The molecular formula is C15H12BrNO3. The van der Waals surface area contributed by atoms with E-state index in [1.54, 1.807) is 18.2 Å². The molecule has 0 radical (unpaired) electrons. The van der Waals surface area contributed by atoms with Crippen LogP contribution < -0.4 is 14.8 Å². The van der Waals surface area contributed by atoms with Crippen molar-refractivity contribution in [2.75, 3.05) is 12.1 Å². The number of amides is 1. The molecule has 1 amide bonds. The number of hydrogen-bond acceptors (Lipinski definition) is 3. The molecule has 5 heteroatoms. The van der Waals surface area contributed by atoms with E-state index < -0.39 is 0 Å². The van der Waals surface area contributed by atoms with Crippen LogP contribution >= 0.6 is 15.9 Å². The molecule has 0 fully saturated rings.